The monoisotopic (exact) mass is 978 g/mol. The third-order valence-electron chi connectivity index (χ3n) is 13.6. The molecule has 0 heterocycles. The first-order valence-corrected chi connectivity index (χ1v) is 29.2. The van der Waals surface area contributed by atoms with E-state index in [1.165, 1.54) is 186 Å². The van der Waals surface area contributed by atoms with E-state index in [2.05, 4.69) is 19.2 Å². The lowest BCUT2D eigenvalue weighted by molar-refractivity contribution is -0.220. The summed E-state index contributed by atoms with van der Waals surface area (Å²) in [6, 6.07) is -1.24. The smallest absolute Gasteiger partial charge is 0.393 e. The molecule has 398 valence electrons. The van der Waals surface area contributed by atoms with E-state index in [1.54, 1.807) is 6.08 Å². The Morgan fingerprint density at radius 1 is 0.522 bits per heavy atom. The van der Waals surface area contributed by atoms with E-state index in [-0.39, 0.29) is 6.42 Å². The fourth-order valence-electron chi connectivity index (χ4n) is 9.13. The fourth-order valence-corrected chi connectivity index (χ4v) is 10.1. The summed E-state index contributed by atoms with van der Waals surface area (Å²) in [5.41, 5.74) is 0. The van der Waals surface area contributed by atoms with Crippen LogP contribution in [0, 0.1) is 0 Å². The molecule has 0 bridgehead atoms. The van der Waals surface area contributed by atoms with Gasteiger partial charge in [-0.2, -0.15) is 0 Å². The van der Waals surface area contributed by atoms with Crippen molar-refractivity contribution in [1.29, 1.82) is 0 Å². The summed E-state index contributed by atoms with van der Waals surface area (Å²) in [5.74, 6) is -0.587. The Morgan fingerprint density at radius 3 is 1.22 bits per heavy atom. The van der Waals surface area contributed by atoms with Crippen LogP contribution in [0.2, 0.25) is 0 Å². The molecular formula is C53H104NO12P. The Bertz CT molecular complexity index is 1200. The summed E-state index contributed by atoms with van der Waals surface area (Å²) in [4.78, 5) is 23.6. The lowest BCUT2D eigenvalue weighted by atomic mass is 9.85. The van der Waals surface area contributed by atoms with Crippen molar-refractivity contribution in [3.8, 4) is 0 Å². The molecule has 0 aromatic heterocycles. The van der Waals surface area contributed by atoms with Crippen molar-refractivity contribution in [2.45, 2.75) is 313 Å². The molecule has 0 spiro atoms. The SMILES string of the molecule is CCCCCCCCCCCCCCCCCCCCC/C=C/C(O)C(COP(=O)(O)OC1C(O)C(O)C(O)C(O)C1O)NC(=O)CC(O)CCCCCCCCCCCCCCCCCC. The van der Waals surface area contributed by atoms with Crippen molar-refractivity contribution >= 4 is 13.7 Å². The number of aliphatic hydroxyl groups is 7. The zero-order chi connectivity index (χ0) is 49.4. The zero-order valence-electron chi connectivity index (χ0n) is 42.6. The molecule has 1 aliphatic carbocycles. The summed E-state index contributed by atoms with van der Waals surface area (Å²) in [6.45, 7) is 3.79. The lowest BCUT2D eigenvalue weighted by Crippen LogP contribution is -2.64. The molecule has 0 radical (unpaired) electrons. The number of phosphoric acid groups is 1. The predicted molar refractivity (Wildman–Crippen MR) is 271 cm³/mol. The van der Waals surface area contributed by atoms with Gasteiger partial charge in [0.25, 0.3) is 0 Å². The molecule has 13 nitrogen and oxygen atoms in total. The molecule has 0 aromatic carbocycles. The second kappa shape index (κ2) is 42.7. The first-order valence-electron chi connectivity index (χ1n) is 27.7. The second-order valence-electron chi connectivity index (χ2n) is 20.0. The molecule has 67 heavy (non-hydrogen) atoms. The van der Waals surface area contributed by atoms with Crippen molar-refractivity contribution in [1.82, 2.24) is 5.32 Å². The Morgan fingerprint density at radius 2 is 0.851 bits per heavy atom. The van der Waals surface area contributed by atoms with E-state index >= 15 is 0 Å². The van der Waals surface area contributed by atoms with E-state index in [9.17, 15) is 50.0 Å². The van der Waals surface area contributed by atoms with Gasteiger partial charge in [0.1, 0.15) is 36.6 Å². The standard InChI is InChI=1S/C53H104NO12P/c1-3-5-7-9-11-13-15-17-19-21-22-23-24-25-27-29-31-33-35-37-39-41-46(56)45(43-65-67(63,64)66-53-51(61)49(59)48(58)50(60)52(53)62)54-47(57)42-44(55)40-38-36-34-32-30-28-26-20-18-16-14-12-10-8-6-4-2/h39,41,44-46,48-53,55-56,58-62H,3-38,40,42-43H2,1-2H3,(H,54,57)(H,63,64)/b41-39+. The highest BCUT2D eigenvalue weighted by Gasteiger charge is 2.51. The number of nitrogens with one attached hydrogen (secondary N) is 1. The van der Waals surface area contributed by atoms with Crippen molar-refractivity contribution in [3.05, 3.63) is 12.2 Å². The Labute approximate surface area is 408 Å². The van der Waals surface area contributed by atoms with Crippen LogP contribution in [-0.4, -0.2) is 108 Å². The number of hydrogen-bond acceptors (Lipinski definition) is 11. The van der Waals surface area contributed by atoms with E-state index < -0.39 is 75.2 Å². The maximum atomic E-state index is 13.1. The molecule has 8 unspecified atom stereocenters. The molecule has 1 rings (SSSR count). The number of phosphoric ester groups is 1. The highest BCUT2D eigenvalue weighted by molar-refractivity contribution is 7.47. The van der Waals surface area contributed by atoms with E-state index in [0.717, 1.165) is 44.9 Å². The van der Waals surface area contributed by atoms with E-state index in [1.807, 2.05) is 0 Å². The molecule has 14 heteroatoms. The number of amides is 1. The van der Waals surface area contributed by atoms with Gasteiger partial charge < -0.3 is 46.0 Å². The van der Waals surface area contributed by atoms with Crippen molar-refractivity contribution in [3.63, 3.8) is 0 Å². The van der Waals surface area contributed by atoms with E-state index in [0.29, 0.717) is 12.8 Å². The number of unbranched alkanes of at least 4 members (excludes halogenated alkanes) is 34. The van der Waals surface area contributed by atoms with Crippen molar-refractivity contribution < 1.29 is 59.0 Å². The molecule has 8 atom stereocenters. The normalized spacial score (nSPS) is 22.2. The summed E-state index contributed by atoms with van der Waals surface area (Å²) in [6.07, 6.45) is 34.3. The van der Waals surface area contributed by atoms with Crippen LogP contribution in [0.1, 0.15) is 258 Å². The van der Waals surface area contributed by atoms with Crippen molar-refractivity contribution in [2.24, 2.45) is 0 Å². The number of carbonyl (C=O) groups is 1. The van der Waals surface area contributed by atoms with Gasteiger partial charge in [-0.15, -0.1) is 0 Å². The number of allylic oxidation sites excluding steroid dienone is 1. The minimum Gasteiger partial charge on any atom is -0.393 e. The Hall–Kier alpha value is -0.960. The third kappa shape index (κ3) is 34.1. The molecule has 0 saturated heterocycles. The number of hydrogen-bond donors (Lipinski definition) is 9. The largest absolute Gasteiger partial charge is 0.472 e. The lowest BCUT2D eigenvalue weighted by Gasteiger charge is -2.41. The van der Waals surface area contributed by atoms with Crippen LogP contribution in [0.5, 0.6) is 0 Å². The molecular weight excluding hydrogens is 874 g/mol. The van der Waals surface area contributed by atoms with Crippen LogP contribution in [0.25, 0.3) is 0 Å². The summed E-state index contributed by atoms with van der Waals surface area (Å²) >= 11 is 0. The van der Waals surface area contributed by atoms with Crippen LogP contribution in [0.4, 0.5) is 0 Å². The van der Waals surface area contributed by atoms with Crippen molar-refractivity contribution in [2.75, 3.05) is 6.61 Å². The minimum atomic E-state index is -5.14. The molecule has 0 aliphatic heterocycles. The Balaban J connectivity index is 2.44. The fraction of sp³-hybridized carbons (Fsp3) is 0.943. The molecule has 0 aromatic rings. The third-order valence-corrected chi connectivity index (χ3v) is 14.6. The van der Waals surface area contributed by atoms with Crippen LogP contribution in [0.3, 0.4) is 0 Å². The first kappa shape index (κ1) is 64.1. The van der Waals surface area contributed by atoms with Gasteiger partial charge in [-0.1, -0.05) is 244 Å². The average Bonchev–Trinajstić information content (AvgIpc) is 3.30. The molecule has 1 saturated carbocycles. The summed E-state index contributed by atoms with van der Waals surface area (Å²) in [5, 5.41) is 74.8. The summed E-state index contributed by atoms with van der Waals surface area (Å²) in [7, 11) is -5.14. The minimum absolute atomic E-state index is 0.239. The average molecular weight is 978 g/mol. The maximum absolute atomic E-state index is 13.1. The van der Waals surface area contributed by atoms with Gasteiger partial charge in [-0.3, -0.25) is 13.8 Å². The van der Waals surface area contributed by atoms with Crippen LogP contribution in [0.15, 0.2) is 12.2 Å². The van der Waals surface area contributed by atoms with E-state index in [4.69, 9.17) is 9.05 Å². The molecule has 1 fully saturated rings. The van der Waals surface area contributed by atoms with Gasteiger partial charge in [0.15, 0.2) is 0 Å². The summed E-state index contributed by atoms with van der Waals surface area (Å²) < 4.78 is 23.0. The molecule has 9 N–H and O–H groups in total. The van der Waals surface area contributed by atoms with Gasteiger partial charge in [0.2, 0.25) is 5.91 Å². The van der Waals surface area contributed by atoms with Crippen LogP contribution >= 0.6 is 7.82 Å². The zero-order valence-corrected chi connectivity index (χ0v) is 43.5. The van der Waals surface area contributed by atoms with Gasteiger partial charge in [-0.05, 0) is 19.3 Å². The maximum Gasteiger partial charge on any atom is 0.472 e. The second-order valence-corrected chi connectivity index (χ2v) is 21.4. The molecule has 1 amide bonds. The highest BCUT2D eigenvalue weighted by Crippen LogP contribution is 2.47. The van der Waals surface area contributed by atoms with Crippen LogP contribution in [-0.2, 0) is 18.4 Å². The van der Waals surface area contributed by atoms with Crippen LogP contribution < -0.4 is 5.32 Å². The Kier molecular flexibility index (Phi) is 40.8. The van der Waals surface area contributed by atoms with Gasteiger partial charge in [0, 0.05) is 0 Å². The number of carbonyl (C=O) groups excluding carboxylic acids is 1. The van der Waals surface area contributed by atoms with Gasteiger partial charge >= 0.3 is 7.82 Å². The number of aliphatic hydroxyl groups excluding tert-OH is 7. The predicted octanol–water partition coefficient (Wildman–Crippen LogP) is 10.9. The van der Waals surface area contributed by atoms with Gasteiger partial charge in [0.05, 0.1) is 31.3 Å². The quantitative estimate of drug-likeness (QED) is 0.0158. The molecule has 1 aliphatic rings. The van der Waals surface area contributed by atoms with Gasteiger partial charge in [-0.25, -0.2) is 4.57 Å². The topological polar surface area (TPSA) is 226 Å². The highest BCUT2D eigenvalue weighted by atomic mass is 31.2. The first-order chi connectivity index (χ1) is 32.3. The number of rotatable bonds is 47.